The van der Waals surface area contributed by atoms with Crippen LogP contribution in [0, 0.1) is 11.3 Å². The van der Waals surface area contributed by atoms with Gasteiger partial charge in [-0.05, 0) is 43.8 Å². The summed E-state index contributed by atoms with van der Waals surface area (Å²) >= 11 is 5.23. The van der Waals surface area contributed by atoms with Gasteiger partial charge in [0.2, 0.25) is 0 Å². The maximum absolute atomic E-state index is 12.4. The van der Waals surface area contributed by atoms with Gasteiger partial charge < -0.3 is 20.3 Å². The summed E-state index contributed by atoms with van der Waals surface area (Å²) in [5.41, 5.74) is 3.15. The van der Waals surface area contributed by atoms with Crippen LogP contribution in [0.2, 0.25) is 0 Å². The van der Waals surface area contributed by atoms with Crippen LogP contribution in [0.25, 0.3) is 0 Å². The van der Waals surface area contributed by atoms with Crippen molar-refractivity contribution in [3.8, 4) is 6.07 Å². The van der Waals surface area contributed by atoms with Gasteiger partial charge >= 0.3 is 5.97 Å². The van der Waals surface area contributed by atoms with E-state index in [1.54, 1.807) is 6.92 Å². The van der Waals surface area contributed by atoms with E-state index in [4.69, 9.17) is 22.2 Å². The molecule has 1 atom stereocenters. The molecule has 0 saturated carbocycles. The number of anilines is 1. The number of nitrogens with zero attached hydrogens (tertiary/aromatic N) is 2. The Hall–Kier alpha value is -2.59. The fourth-order valence-electron chi connectivity index (χ4n) is 2.69. The van der Waals surface area contributed by atoms with Crippen LogP contribution in [-0.2, 0) is 9.53 Å². The summed E-state index contributed by atoms with van der Waals surface area (Å²) < 4.78 is 5.19. The van der Waals surface area contributed by atoms with Crippen LogP contribution in [0.5, 0.6) is 0 Å². The van der Waals surface area contributed by atoms with Gasteiger partial charge in [-0.1, -0.05) is 12.1 Å². The van der Waals surface area contributed by atoms with Crippen LogP contribution in [0.1, 0.15) is 31.9 Å². The van der Waals surface area contributed by atoms with E-state index in [-0.39, 0.29) is 12.0 Å². The minimum absolute atomic E-state index is 0.315. The summed E-state index contributed by atoms with van der Waals surface area (Å²) in [5, 5.41) is 15.3. The smallest absolute Gasteiger partial charge is 0.338 e. The van der Waals surface area contributed by atoms with E-state index in [1.807, 2.05) is 43.1 Å². The molecule has 2 rings (SSSR count). The Morgan fingerprint density at radius 2 is 2.08 bits per heavy atom. The number of allylic oxidation sites excluding steroid dienone is 1. The molecule has 0 saturated heterocycles. The fourth-order valence-corrected chi connectivity index (χ4v) is 2.96. The standard InChI is InChI=1S/C18H22N4O2S/c1-4-24-17(23)15-12(2)20-18(25)21-16(15)13-6-8-14(9-7-13)22(3)11-5-10-19/h6-9,16H,4-5,11H2,1-3H3,(H2,20,21,25)/t16-/m0/s1. The lowest BCUT2D eigenvalue weighted by Gasteiger charge is -2.30. The predicted molar refractivity (Wildman–Crippen MR) is 101 cm³/mol. The second-order valence-electron chi connectivity index (χ2n) is 5.71. The van der Waals surface area contributed by atoms with Gasteiger partial charge in [0.15, 0.2) is 5.11 Å². The molecular formula is C18H22N4O2S. The summed E-state index contributed by atoms with van der Waals surface area (Å²) in [4.78, 5) is 14.4. The van der Waals surface area contributed by atoms with Gasteiger partial charge in [-0.2, -0.15) is 5.26 Å². The number of hydrogen-bond donors (Lipinski definition) is 2. The van der Waals surface area contributed by atoms with Crippen molar-refractivity contribution < 1.29 is 9.53 Å². The lowest BCUT2D eigenvalue weighted by molar-refractivity contribution is -0.139. The zero-order chi connectivity index (χ0) is 18.4. The van der Waals surface area contributed by atoms with E-state index in [0.717, 1.165) is 11.3 Å². The minimum Gasteiger partial charge on any atom is -0.463 e. The highest BCUT2D eigenvalue weighted by Gasteiger charge is 2.30. The Kier molecular flexibility index (Phi) is 6.37. The third kappa shape index (κ3) is 4.48. The lowest BCUT2D eigenvalue weighted by Crippen LogP contribution is -2.45. The Bertz CT molecular complexity index is 722. The van der Waals surface area contributed by atoms with Crippen LogP contribution in [-0.4, -0.2) is 31.3 Å². The van der Waals surface area contributed by atoms with Gasteiger partial charge in [0, 0.05) is 25.0 Å². The SMILES string of the molecule is CCOC(=O)C1=C(C)NC(=S)N[C@H]1c1ccc(N(C)CCC#N)cc1. The first-order valence-electron chi connectivity index (χ1n) is 8.11. The minimum atomic E-state index is -0.359. The first-order chi connectivity index (χ1) is 12.0. The summed E-state index contributed by atoms with van der Waals surface area (Å²) in [5.74, 6) is -0.359. The molecule has 0 amide bonds. The van der Waals surface area contributed by atoms with Crippen molar-refractivity contribution in [2.45, 2.75) is 26.3 Å². The zero-order valence-corrected chi connectivity index (χ0v) is 15.4. The predicted octanol–water partition coefficient (Wildman–Crippen LogP) is 2.39. The highest BCUT2D eigenvalue weighted by Crippen LogP contribution is 2.29. The molecule has 1 aromatic rings. The van der Waals surface area contributed by atoms with E-state index in [0.29, 0.717) is 36.0 Å². The van der Waals surface area contributed by atoms with Crippen LogP contribution in [0.15, 0.2) is 35.5 Å². The molecule has 0 aromatic heterocycles. The van der Waals surface area contributed by atoms with Crippen molar-refractivity contribution in [1.29, 1.82) is 5.26 Å². The number of carbonyl (C=O) groups is 1. The highest BCUT2D eigenvalue weighted by molar-refractivity contribution is 7.80. The summed E-state index contributed by atoms with van der Waals surface area (Å²) in [6, 6.07) is 9.63. The van der Waals surface area contributed by atoms with Gasteiger partial charge in [0.1, 0.15) is 0 Å². The van der Waals surface area contributed by atoms with Gasteiger partial charge in [0.05, 0.1) is 30.7 Å². The van der Waals surface area contributed by atoms with Crippen molar-refractivity contribution in [2.24, 2.45) is 0 Å². The third-order valence-corrected chi connectivity index (χ3v) is 4.21. The zero-order valence-electron chi connectivity index (χ0n) is 14.6. The Morgan fingerprint density at radius 1 is 1.40 bits per heavy atom. The van der Waals surface area contributed by atoms with Crippen LogP contribution in [0.3, 0.4) is 0 Å². The molecule has 0 fully saturated rings. The molecule has 2 N–H and O–H groups in total. The Morgan fingerprint density at radius 3 is 2.68 bits per heavy atom. The molecule has 0 unspecified atom stereocenters. The Labute approximate surface area is 153 Å². The molecule has 0 aliphatic carbocycles. The van der Waals surface area contributed by atoms with Gasteiger partial charge in [-0.3, -0.25) is 0 Å². The molecule has 0 spiro atoms. The van der Waals surface area contributed by atoms with E-state index >= 15 is 0 Å². The van der Waals surface area contributed by atoms with Crippen molar-refractivity contribution in [3.63, 3.8) is 0 Å². The average Bonchev–Trinajstić information content (AvgIpc) is 2.59. The fraction of sp³-hybridized carbons (Fsp3) is 0.389. The molecule has 1 aliphatic heterocycles. The molecule has 132 valence electrons. The molecule has 0 bridgehead atoms. The first kappa shape index (κ1) is 18.7. The van der Waals surface area contributed by atoms with E-state index < -0.39 is 0 Å². The quantitative estimate of drug-likeness (QED) is 0.597. The maximum Gasteiger partial charge on any atom is 0.338 e. The van der Waals surface area contributed by atoms with E-state index in [1.165, 1.54) is 0 Å². The number of ether oxygens (including phenoxy) is 1. The lowest BCUT2D eigenvalue weighted by atomic mass is 9.95. The van der Waals surface area contributed by atoms with E-state index in [9.17, 15) is 4.79 Å². The molecular weight excluding hydrogens is 336 g/mol. The second kappa shape index (κ2) is 8.49. The summed E-state index contributed by atoms with van der Waals surface area (Å²) in [6.45, 7) is 4.58. The van der Waals surface area contributed by atoms with Crippen molar-refractivity contribution in [3.05, 3.63) is 41.1 Å². The molecule has 6 nitrogen and oxygen atoms in total. The van der Waals surface area contributed by atoms with Crippen LogP contribution in [0.4, 0.5) is 5.69 Å². The number of nitriles is 1. The molecule has 1 heterocycles. The number of nitrogens with one attached hydrogen (secondary N) is 2. The van der Waals surface area contributed by atoms with Gasteiger partial charge in [-0.25, -0.2) is 4.79 Å². The second-order valence-corrected chi connectivity index (χ2v) is 6.12. The summed E-state index contributed by atoms with van der Waals surface area (Å²) in [7, 11) is 1.94. The third-order valence-electron chi connectivity index (χ3n) is 3.99. The van der Waals surface area contributed by atoms with Gasteiger partial charge in [0.25, 0.3) is 0 Å². The van der Waals surface area contributed by atoms with Crippen molar-refractivity contribution in [2.75, 3.05) is 25.1 Å². The Balaban J connectivity index is 2.28. The molecule has 1 aliphatic rings. The molecule has 25 heavy (non-hydrogen) atoms. The molecule has 1 aromatic carbocycles. The van der Waals surface area contributed by atoms with Crippen LogP contribution >= 0.6 is 12.2 Å². The van der Waals surface area contributed by atoms with Gasteiger partial charge in [-0.15, -0.1) is 0 Å². The largest absolute Gasteiger partial charge is 0.463 e. The monoisotopic (exact) mass is 358 g/mol. The molecule has 0 radical (unpaired) electrons. The van der Waals surface area contributed by atoms with E-state index in [2.05, 4.69) is 16.7 Å². The number of carbonyl (C=O) groups excluding carboxylic acids is 1. The van der Waals surface area contributed by atoms with Crippen LogP contribution < -0.4 is 15.5 Å². The number of rotatable bonds is 6. The topological polar surface area (TPSA) is 77.4 Å². The summed E-state index contributed by atoms with van der Waals surface area (Å²) in [6.07, 6.45) is 0.470. The highest BCUT2D eigenvalue weighted by atomic mass is 32.1. The van der Waals surface area contributed by atoms with Crippen molar-refractivity contribution in [1.82, 2.24) is 10.6 Å². The van der Waals surface area contributed by atoms with Crippen molar-refractivity contribution >= 4 is 29.0 Å². The number of hydrogen-bond acceptors (Lipinski definition) is 5. The maximum atomic E-state index is 12.4. The average molecular weight is 358 g/mol. The normalized spacial score (nSPS) is 16.6. The number of benzene rings is 1. The number of thiocarbonyl (C=S) groups is 1. The first-order valence-corrected chi connectivity index (χ1v) is 8.52. The molecule has 7 heteroatoms. The number of esters is 1.